The van der Waals surface area contributed by atoms with E-state index in [0.29, 0.717) is 18.6 Å². The van der Waals surface area contributed by atoms with Gasteiger partial charge in [-0.3, -0.25) is 14.7 Å². The summed E-state index contributed by atoms with van der Waals surface area (Å²) in [6, 6.07) is 6.89. The number of carbonyl (C=O) groups is 3. The van der Waals surface area contributed by atoms with E-state index in [2.05, 4.69) is 9.88 Å². The van der Waals surface area contributed by atoms with Crippen LogP contribution in [0.4, 0.5) is 26.3 Å². The van der Waals surface area contributed by atoms with Crippen LogP contribution in [0.15, 0.2) is 24.4 Å². The lowest BCUT2D eigenvalue weighted by Gasteiger charge is -2.40. The van der Waals surface area contributed by atoms with Crippen molar-refractivity contribution in [2.45, 2.75) is 75.3 Å². The Balaban J connectivity index is 0.000000333. The van der Waals surface area contributed by atoms with Gasteiger partial charge in [-0.25, -0.2) is 9.59 Å². The van der Waals surface area contributed by atoms with Crippen LogP contribution in [0.1, 0.15) is 37.8 Å². The molecule has 3 atom stereocenters. The molecule has 4 heterocycles. The van der Waals surface area contributed by atoms with Gasteiger partial charge in [0.1, 0.15) is 6.10 Å². The van der Waals surface area contributed by atoms with E-state index in [1.54, 1.807) is 11.1 Å². The van der Waals surface area contributed by atoms with E-state index in [4.69, 9.17) is 29.3 Å². The van der Waals surface area contributed by atoms with Crippen molar-refractivity contribution in [3.8, 4) is 0 Å². The first-order valence-corrected chi connectivity index (χ1v) is 12.3. The smallest absolute Gasteiger partial charge is 0.475 e. The van der Waals surface area contributed by atoms with Crippen molar-refractivity contribution >= 4 is 17.8 Å². The number of aromatic nitrogens is 1. The lowest BCUT2D eigenvalue weighted by Crippen LogP contribution is -2.51. The minimum absolute atomic E-state index is 0.0821. The van der Waals surface area contributed by atoms with Crippen molar-refractivity contribution in [2.24, 2.45) is 0 Å². The second-order valence-corrected chi connectivity index (χ2v) is 9.30. The molecule has 226 valence electrons. The molecule has 0 saturated carbocycles. The van der Waals surface area contributed by atoms with Gasteiger partial charge in [-0.1, -0.05) is 6.07 Å². The number of carbonyl (C=O) groups excluding carboxylic acids is 1. The van der Waals surface area contributed by atoms with Crippen LogP contribution in [-0.2, 0) is 30.4 Å². The molecular weight excluding hydrogens is 556 g/mol. The van der Waals surface area contributed by atoms with Gasteiger partial charge in [0.2, 0.25) is 0 Å². The number of hydrogen-bond acceptors (Lipinski definition) is 7. The summed E-state index contributed by atoms with van der Waals surface area (Å²) in [5.41, 5.74) is 0.906. The number of carboxylic acid groups (broad SMARTS) is 2. The molecule has 3 saturated heterocycles. The Morgan fingerprint density at radius 3 is 2.05 bits per heavy atom. The highest BCUT2D eigenvalue weighted by Gasteiger charge is 2.44. The number of likely N-dealkylation sites (tertiary alicyclic amines) is 1. The summed E-state index contributed by atoms with van der Waals surface area (Å²) in [6.07, 6.45) is -3.36. The highest BCUT2D eigenvalue weighted by molar-refractivity contribution is 5.80. The van der Waals surface area contributed by atoms with Gasteiger partial charge in [0.05, 0.1) is 18.3 Å². The number of pyridine rings is 1. The maximum Gasteiger partial charge on any atom is 0.490 e. The molecule has 4 rings (SSSR count). The number of halogens is 6. The standard InChI is InChI=1S/C20H29N3O3.2C2HF3O2/c1-22(14-15-4-2-3-10-21-15)20(24)19-6-5-17-18(26-19)7-11-23(17)16-8-12-25-13-9-16;2*3-2(4,5)1(6)7/h2-4,10,16-19H,5-9,11-14H2,1H3;2*(H,6,7)/t17-,18-,19+;;/m1../s1. The second kappa shape index (κ2) is 14.6. The number of carboxylic acids is 2. The lowest BCUT2D eigenvalue weighted by atomic mass is 9.96. The first-order chi connectivity index (χ1) is 18.6. The van der Waals surface area contributed by atoms with E-state index in [0.717, 1.165) is 57.6 Å². The maximum absolute atomic E-state index is 12.8. The lowest BCUT2D eigenvalue weighted by molar-refractivity contribution is -0.193. The predicted octanol–water partition coefficient (Wildman–Crippen LogP) is 3.11. The van der Waals surface area contributed by atoms with Crippen molar-refractivity contribution in [1.29, 1.82) is 0 Å². The van der Waals surface area contributed by atoms with Crippen molar-refractivity contribution in [1.82, 2.24) is 14.8 Å². The van der Waals surface area contributed by atoms with Crippen LogP contribution >= 0.6 is 0 Å². The zero-order chi connectivity index (χ0) is 30.1. The summed E-state index contributed by atoms with van der Waals surface area (Å²) in [4.78, 5) is 39.3. The molecule has 0 unspecified atom stereocenters. The third kappa shape index (κ3) is 10.2. The van der Waals surface area contributed by atoms with Gasteiger partial charge in [-0.15, -0.1) is 0 Å². The Labute approximate surface area is 225 Å². The van der Waals surface area contributed by atoms with Gasteiger partial charge in [0.15, 0.2) is 0 Å². The van der Waals surface area contributed by atoms with Crippen LogP contribution in [0.3, 0.4) is 0 Å². The first kappa shape index (κ1) is 33.2. The quantitative estimate of drug-likeness (QED) is 0.511. The molecular formula is C24H31F6N3O7. The van der Waals surface area contributed by atoms with E-state index in [1.807, 2.05) is 25.2 Å². The van der Waals surface area contributed by atoms with Crippen LogP contribution in [0, 0.1) is 0 Å². The summed E-state index contributed by atoms with van der Waals surface area (Å²) < 4.78 is 75.2. The van der Waals surface area contributed by atoms with Crippen molar-refractivity contribution in [3.63, 3.8) is 0 Å². The number of fused-ring (bicyclic) bond motifs is 1. The normalized spacial score (nSPS) is 23.5. The Morgan fingerprint density at radius 1 is 0.975 bits per heavy atom. The molecule has 3 aliphatic rings. The molecule has 40 heavy (non-hydrogen) atoms. The number of ether oxygens (including phenoxy) is 2. The van der Waals surface area contributed by atoms with Gasteiger partial charge in [-0.05, 0) is 44.2 Å². The second-order valence-electron chi connectivity index (χ2n) is 9.30. The van der Waals surface area contributed by atoms with Gasteiger partial charge in [0, 0.05) is 45.1 Å². The van der Waals surface area contributed by atoms with E-state index in [1.165, 1.54) is 0 Å². The minimum atomic E-state index is -5.08. The number of nitrogens with zero attached hydrogens (tertiary/aromatic N) is 3. The van der Waals surface area contributed by atoms with Crippen molar-refractivity contribution < 1.29 is 60.4 Å². The van der Waals surface area contributed by atoms with Crippen molar-refractivity contribution in [3.05, 3.63) is 30.1 Å². The third-order valence-corrected chi connectivity index (χ3v) is 6.51. The predicted molar refractivity (Wildman–Crippen MR) is 125 cm³/mol. The molecule has 0 aliphatic carbocycles. The average molecular weight is 588 g/mol. The fourth-order valence-electron chi connectivity index (χ4n) is 4.67. The van der Waals surface area contributed by atoms with Gasteiger partial charge >= 0.3 is 24.3 Å². The van der Waals surface area contributed by atoms with E-state index in [-0.39, 0.29) is 18.1 Å². The largest absolute Gasteiger partial charge is 0.490 e. The Kier molecular flexibility index (Phi) is 12.1. The highest BCUT2D eigenvalue weighted by atomic mass is 19.4. The molecule has 1 aromatic rings. The summed E-state index contributed by atoms with van der Waals surface area (Å²) in [6.45, 7) is 3.37. The molecule has 10 nitrogen and oxygen atoms in total. The summed E-state index contributed by atoms with van der Waals surface area (Å²) in [5, 5.41) is 14.2. The molecule has 3 aliphatic heterocycles. The Hall–Kier alpha value is -2.98. The average Bonchev–Trinajstić information content (AvgIpc) is 3.32. The molecule has 2 N–H and O–H groups in total. The number of alkyl halides is 6. The first-order valence-electron chi connectivity index (χ1n) is 12.3. The summed E-state index contributed by atoms with van der Waals surface area (Å²) in [5.74, 6) is -5.43. The highest BCUT2D eigenvalue weighted by Crippen LogP contribution is 2.35. The third-order valence-electron chi connectivity index (χ3n) is 6.51. The topological polar surface area (TPSA) is 130 Å². The number of aliphatic carboxylic acids is 2. The molecule has 0 spiro atoms. The molecule has 0 bridgehead atoms. The Morgan fingerprint density at radius 2 is 1.55 bits per heavy atom. The van der Waals surface area contributed by atoms with Gasteiger partial charge in [-0.2, -0.15) is 26.3 Å². The van der Waals surface area contributed by atoms with Crippen LogP contribution in [0.2, 0.25) is 0 Å². The molecule has 1 amide bonds. The van der Waals surface area contributed by atoms with Crippen LogP contribution < -0.4 is 0 Å². The minimum Gasteiger partial charge on any atom is -0.475 e. The number of amides is 1. The number of rotatable bonds is 4. The summed E-state index contributed by atoms with van der Waals surface area (Å²) >= 11 is 0. The van der Waals surface area contributed by atoms with Crippen LogP contribution in [0.25, 0.3) is 0 Å². The molecule has 0 radical (unpaired) electrons. The number of likely N-dealkylation sites (N-methyl/N-ethyl adjacent to an activating group) is 1. The SMILES string of the molecule is CN(Cc1ccccn1)C(=O)[C@@H]1CC[C@@H]2[C@@H](CCN2C2CCOCC2)O1.O=C(O)C(F)(F)F.O=C(O)C(F)(F)F. The fraction of sp³-hybridized carbons (Fsp3) is 0.667. The van der Waals surface area contributed by atoms with Crippen molar-refractivity contribution in [2.75, 3.05) is 26.8 Å². The zero-order valence-electron chi connectivity index (χ0n) is 21.5. The monoisotopic (exact) mass is 587 g/mol. The molecule has 16 heteroatoms. The molecule has 0 aromatic carbocycles. The van der Waals surface area contributed by atoms with E-state index in [9.17, 15) is 31.1 Å². The Bertz CT molecular complexity index is 950. The molecule has 1 aromatic heterocycles. The summed E-state index contributed by atoms with van der Waals surface area (Å²) in [7, 11) is 1.84. The van der Waals surface area contributed by atoms with Crippen LogP contribution in [0.5, 0.6) is 0 Å². The zero-order valence-corrected chi connectivity index (χ0v) is 21.5. The maximum atomic E-state index is 12.8. The fourth-order valence-corrected chi connectivity index (χ4v) is 4.67. The van der Waals surface area contributed by atoms with Crippen LogP contribution in [-0.4, -0.2) is 106 Å². The van der Waals surface area contributed by atoms with Gasteiger partial charge < -0.3 is 24.6 Å². The van der Waals surface area contributed by atoms with Gasteiger partial charge in [0.25, 0.3) is 5.91 Å². The molecule has 3 fully saturated rings. The van der Waals surface area contributed by atoms with E-state index < -0.39 is 24.3 Å². The van der Waals surface area contributed by atoms with E-state index >= 15 is 0 Å². The number of hydrogen-bond donors (Lipinski definition) is 2.